The summed E-state index contributed by atoms with van der Waals surface area (Å²) in [5.41, 5.74) is 3.82. The van der Waals surface area contributed by atoms with Crippen LogP contribution in [-0.2, 0) is 0 Å². The second-order valence-electron chi connectivity index (χ2n) is 16.9. The van der Waals surface area contributed by atoms with Gasteiger partial charge in [-0.3, -0.25) is 0 Å². The minimum absolute atomic E-state index is 0.595. The molecule has 0 radical (unpaired) electrons. The quantitative estimate of drug-likeness (QED) is 0.394. The summed E-state index contributed by atoms with van der Waals surface area (Å²) in [6.07, 6.45) is 4.78. The molecule has 0 bridgehead atoms. The molecule has 0 aromatic rings. The van der Waals surface area contributed by atoms with Crippen LogP contribution in [0.1, 0.15) is 102 Å². The van der Waals surface area contributed by atoms with E-state index in [-0.39, 0.29) is 0 Å². The van der Waals surface area contributed by atoms with Gasteiger partial charge in [-0.15, -0.1) is 0 Å². The molecule has 16 atom stereocenters. The fraction of sp³-hybridized carbons (Fsp3) is 1.00. The first-order valence-corrected chi connectivity index (χ1v) is 15.2. The zero-order chi connectivity index (χ0) is 24.0. The number of hydrogen-bond donors (Lipinski definition) is 0. The van der Waals surface area contributed by atoms with Gasteiger partial charge < -0.3 is 0 Å². The van der Waals surface area contributed by atoms with Crippen molar-refractivity contribution in [1.29, 1.82) is 0 Å². The summed E-state index contributed by atoms with van der Waals surface area (Å²) in [5.74, 6) is 10.9. The molecule has 0 aromatic heterocycles. The molecular formula is C33H54. The predicted molar refractivity (Wildman–Crippen MR) is 138 cm³/mol. The van der Waals surface area contributed by atoms with Crippen LogP contribution in [0.15, 0.2) is 0 Å². The van der Waals surface area contributed by atoms with E-state index < -0.39 is 0 Å². The van der Waals surface area contributed by atoms with Crippen molar-refractivity contribution in [3.05, 3.63) is 0 Å². The maximum absolute atomic E-state index is 2.83. The van der Waals surface area contributed by atoms with Crippen molar-refractivity contribution in [2.24, 2.45) is 104 Å². The lowest BCUT2D eigenvalue weighted by atomic mass is 9.32. The average Bonchev–Trinajstić information content (AvgIpc) is 3.64. The van der Waals surface area contributed by atoms with Gasteiger partial charge in [-0.1, -0.05) is 83.1 Å². The van der Waals surface area contributed by atoms with E-state index in [1.807, 2.05) is 0 Å². The maximum atomic E-state index is 2.83. The second kappa shape index (κ2) is 5.47. The van der Waals surface area contributed by atoms with E-state index in [2.05, 4.69) is 83.1 Å². The first-order chi connectivity index (χ1) is 15.2. The van der Waals surface area contributed by atoms with Crippen LogP contribution in [0.4, 0.5) is 0 Å². The highest BCUT2D eigenvalue weighted by Crippen LogP contribution is 3.10. The molecule has 6 unspecified atom stereocenters. The van der Waals surface area contributed by atoms with Crippen molar-refractivity contribution >= 4 is 0 Å². The van der Waals surface area contributed by atoms with E-state index in [1.54, 1.807) is 19.3 Å². The Bertz CT molecular complexity index is 856. The van der Waals surface area contributed by atoms with Crippen LogP contribution in [0, 0.1) is 104 Å². The highest BCUT2D eigenvalue weighted by Gasteiger charge is 3.05. The van der Waals surface area contributed by atoms with Gasteiger partial charge >= 0.3 is 0 Å². The van der Waals surface area contributed by atoms with Gasteiger partial charge in [0.1, 0.15) is 0 Å². The third-order valence-corrected chi connectivity index (χ3v) is 16.6. The summed E-state index contributed by atoms with van der Waals surface area (Å²) < 4.78 is 0. The van der Waals surface area contributed by atoms with Crippen molar-refractivity contribution in [2.45, 2.75) is 102 Å². The van der Waals surface area contributed by atoms with Crippen LogP contribution < -0.4 is 0 Å². The van der Waals surface area contributed by atoms with Crippen molar-refractivity contribution in [2.75, 3.05) is 0 Å². The Morgan fingerprint density at radius 1 is 0.485 bits per heavy atom. The first kappa shape index (κ1) is 22.2. The van der Waals surface area contributed by atoms with Crippen molar-refractivity contribution in [3.63, 3.8) is 0 Å². The normalized spacial score (nSPS) is 72.5. The fourth-order valence-electron chi connectivity index (χ4n) is 16.1. The van der Waals surface area contributed by atoms with Crippen molar-refractivity contribution < 1.29 is 0 Å². The predicted octanol–water partition coefficient (Wildman–Crippen LogP) is 8.80. The van der Waals surface area contributed by atoms with Crippen LogP contribution in [0.2, 0.25) is 0 Å². The summed E-state index contributed by atoms with van der Waals surface area (Å²) in [6, 6.07) is 0. The molecule has 7 saturated carbocycles. The smallest absolute Gasteiger partial charge is 0.0128 e. The van der Waals surface area contributed by atoms with Crippen LogP contribution >= 0.6 is 0 Å². The lowest BCUT2D eigenvalue weighted by Gasteiger charge is -2.71. The molecule has 0 aromatic carbocycles. The van der Waals surface area contributed by atoms with E-state index in [4.69, 9.17) is 0 Å². The molecule has 7 rings (SSSR count). The minimum Gasteiger partial charge on any atom is -0.0625 e. The summed E-state index contributed by atoms with van der Waals surface area (Å²) in [6.45, 7) is 32.5. The van der Waals surface area contributed by atoms with Crippen molar-refractivity contribution in [1.82, 2.24) is 0 Å². The number of rotatable bonds is 2. The second-order valence-corrected chi connectivity index (χ2v) is 16.9. The molecule has 0 heterocycles. The van der Waals surface area contributed by atoms with Gasteiger partial charge in [0.15, 0.2) is 0 Å². The van der Waals surface area contributed by atoms with Gasteiger partial charge in [0, 0.05) is 0 Å². The summed E-state index contributed by atoms with van der Waals surface area (Å²) in [5, 5.41) is 0. The van der Waals surface area contributed by atoms with E-state index in [9.17, 15) is 0 Å². The largest absolute Gasteiger partial charge is 0.0625 e. The molecule has 0 heteroatoms. The van der Waals surface area contributed by atoms with Crippen LogP contribution in [-0.4, -0.2) is 0 Å². The van der Waals surface area contributed by atoms with Crippen molar-refractivity contribution in [3.8, 4) is 0 Å². The van der Waals surface area contributed by atoms with Gasteiger partial charge in [0.2, 0.25) is 0 Å². The average molecular weight is 451 g/mol. The fourth-order valence-corrected chi connectivity index (χ4v) is 16.1. The molecule has 186 valence electrons. The van der Waals surface area contributed by atoms with Gasteiger partial charge in [-0.2, -0.15) is 0 Å². The van der Waals surface area contributed by atoms with E-state index >= 15 is 0 Å². The maximum Gasteiger partial charge on any atom is -0.0128 e. The Hall–Kier alpha value is 0. The molecule has 0 nitrogen and oxygen atoms in total. The topological polar surface area (TPSA) is 0 Å². The standard InChI is InChI=1S/C33H54/c1-16(2)24-26-20(7)18(5)23(10)31-14-29(31,12)25(17(3)4)27-21(8)19(6)22(9)30(13-28(24,30)11)33(27)15-32(26,31)33/h16-27H,13-15H2,1-12H3/t18-,19-,20?,21?,22-,23-,24?,25?,26?,27?,28-,29-,30+,31+,32-,33-/m0/s1. The van der Waals surface area contributed by atoms with E-state index in [1.165, 1.54) is 0 Å². The monoisotopic (exact) mass is 450 g/mol. The highest BCUT2D eigenvalue weighted by atomic mass is 15.1. The SMILES string of the molecule is CC(C)C1C2C(C)[C@H](C)[C@H](C)[C@]34C[C@@]3(C)C(C(C)C)C3C(C)[C@H](C)[C@H](C)[C@@]5(C[C@@]15C)[C@]31C[C@@]214. The molecule has 0 amide bonds. The zero-order valence-electron chi connectivity index (χ0n) is 24.0. The zero-order valence-corrected chi connectivity index (χ0v) is 24.0. The molecule has 33 heavy (non-hydrogen) atoms. The first-order valence-electron chi connectivity index (χ1n) is 15.2. The molecule has 0 saturated heterocycles. The van der Waals surface area contributed by atoms with Crippen LogP contribution in [0.3, 0.4) is 0 Å². The Balaban J connectivity index is 1.58. The molecule has 0 aliphatic heterocycles. The minimum atomic E-state index is 0.595. The molecule has 7 aliphatic carbocycles. The highest BCUT2D eigenvalue weighted by molar-refractivity contribution is 5.52. The lowest BCUT2D eigenvalue weighted by molar-refractivity contribution is -0.250. The van der Waals surface area contributed by atoms with E-state index in [0.717, 1.165) is 71.0 Å². The lowest BCUT2D eigenvalue weighted by Crippen LogP contribution is -2.68. The summed E-state index contributed by atoms with van der Waals surface area (Å²) in [7, 11) is 0. The molecule has 7 aliphatic rings. The molecule has 4 spiro atoms. The molecule has 0 N–H and O–H groups in total. The Morgan fingerprint density at radius 3 is 1.12 bits per heavy atom. The summed E-state index contributed by atoms with van der Waals surface area (Å²) in [4.78, 5) is 0. The van der Waals surface area contributed by atoms with Gasteiger partial charge in [0.25, 0.3) is 0 Å². The van der Waals surface area contributed by atoms with Crippen LogP contribution in [0.5, 0.6) is 0 Å². The Kier molecular flexibility index (Phi) is 3.68. The third-order valence-electron chi connectivity index (χ3n) is 16.6. The number of hydrogen-bond acceptors (Lipinski definition) is 0. The van der Waals surface area contributed by atoms with Gasteiger partial charge in [-0.25, -0.2) is 0 Å². The molecule has 7 fully saturated rings. The molecular weight excluding hydrogens is 396 g/mol. The van der Waals surface area contributed by atoms with Crippen LogP contribution in [0.25, 0.3) is 0 Å². The van der Waals surface area contributed by atoms with E-state index in [0.29, 0.717) is 32.5 Å². The summed E-state index contributed by atoms with van der Waals surface area (Å²) >= 11 is 0. The third kappa shape index (κ3) is 1.63. The Morgan fingerprint density at radius 2 is 0.818 bits per heavy atom. The van der Waals surface area contributed by atoms with Gasteiger partial charge in [-0.05, 0) is 123 Å². The van der Waals surface area contributed by atoms with Gasteiger partial charge in [0.05, 0.1) is 0 Å². The Labute approximate surface area is 205 Å².